The minimum Gasteiger partial charge on any atom is -0.353 e. The van der Waals surface area contributed by atoms with Gasteiger partial charge in [0.25, 0.3) is 0 Å². The van der Waals surface area contributed by atoms with Crippen LogP contribution in [0.3, 0.4) is 0 Å². The lowest BCUT2D eigenvalue weighted by Crippen LogP contribution is -2.27. The molecule has 2 aromatic heterocycles. The van der Waals surface area contributed by atoms with Crippen LogP contribution in [0.25, 0.3) is 21.8 Å². The number of thioether (sulfide) groups is 1. The van der Waals surface area contributed by atoms with E-state index in [4.69, 9.17) is 0 Å². The fourth-order valence-electron chi connectivity index (χ4n) is 2.76. The zero-order chi connectivity index (χ0) is 15.6. The number of carbonyl (C=O) groups is 1. The number of benzene rings is 1. The zero-order valence-corrected chi connectivity index (χ0v) is 13.3. The fourth-order valence-corrected chi connectivity index (χ4v) is 3.51. The second-order valence-corrected chi connectivity index (χ2v) is 6.56. The Morgan fingerprint density at radius 1 is 1.26 bits per heavy atom. The highest BCUT2D eigenvalue weighted by Crippen LogP contribution is 2.25. The number of aryl methyl sites for hydroxylation is 1. The van der Waals surface area contributed by atoms with Crippen LogP contribution in [0.1, 0.15) is 12.1 Å². The quantitative estimate of drug-likeness (QED) is 0.778. The van der Waals surface area contributed by atoms with Gasteiger partial charge in [-0.25, -0.2) is 0 Å². The molecule has 1 aromatic carbocycles. The van der Waals surface area contributed by atoms with E-state index in [1.54, 1.807) is 11.8 Å². The number of pyridine rings is 1. The van der Waals surface area contributed by atoms with Crippen LogP contribution in [-0.2, 0) is 11.2 Å². The minimum absolute atomic E-state index is 0.000950. The molecule has 0 fully saturated rings. The van der Waals surface area contributed by atoms with Crippen molar-refractivity contribution in [2.45, 2.75) is 12.8 Å². The van der Waals surface area contributed by atoms with Gasteiger partial charge in [0.15, 0.2) is 5.17 Å². The molecule has 3 heterocycles. The molecule has 2 N–H and O–H groups in total. The Morgan fingerprint density at radius 3 is 3.04 bits per heavy atom. The molecular weight excluding hydrogens is 308 g/mol. The van der Waals surface area contributed by atoms with E-state index in [9.17, 15) is 4.79 Å². The Morgan fingerprint density at radius 2 is 2.17 bits per heavy atom. The molecule has 1 aliphatic heterocycles. The molecule has 0 atom stereocenters. The lowest BCUT2D eigenvalue weighted by Gasteiger charge is -2.04. The highest BCUT2D eigenvalue weighted by atomic mass is 32.2. The minimum atomic E-state index is -0.000950. The normalized spacial score (nSPS) is 14.3. The van der Waals surface area contributed by atoms with Crippen molar-refractivity contribution in [3.05, 3.63) is 42.2 Å². The summed E-state index contributed by atoms with van der Waals surface area (Å²) in [4.78, 5) is 24.0. The summed E-state index contributed by atoms with van der Waals surface area (Å²) in [5, 5.41) is 5.94. The van der Waals surface area contributed by atoms with Gasteiger partial charge in [0, 0.05) is 34.2 Å². The summed E-state index contributed by atoms with van der Waals surface area (Å²) < 4.78 is 0. The van der Waals surface area contributed by atoms with Crippen molar-refractivity contribution in [3.63, 3.8) is 0 Å². The summed E-state index contributed by atoms with van der Waals surface area (Å²) in [6.07, 6.45) is 2.89. The summed E-state index contributed by atoms with van der Waals surface area (Å²) >= 11 is 1.60. The Balaban J connectivity index is 1.50. The van der Waals surface area contributed by atoms with E-state index in [2.05, 4.69) is 38.5 Å². The van der Waals surface area contributed by atoms with Gasteiger partial charge in [0.2, 0.25) is 5.91 Å². The maximum Gasteiger partial charge on any atom is 0.226 e. The number of carbonyl (C=O) groups excluding carboxylic acids is 1. The molecule has 1 aliphatic rings. The van der Waals surface area contributed by atoms with Gasteiger partial charge in [0.05, 0.1) is 18.3 Å². The summed E-state index contributed by atoms with van der Waals surface area (Å²) in [6.45, 7) is 0.791. The van der Waals surface area contributed by atoms with E-state index < -0.39 is 0 Å². The standard InChI is InChI=1S/C17H16N4OS/c22-16(21-17-18-7-8-23-17)6-5-11-9-13-12-3-1-2-4-14(12)20-15(13)10-19-11/h1-4,9-10,20H,5-8H2,(H,18,21,22). The Hall–Kier alpha value is -2.34. The predicted molar refractivity (Wildman–Crippen MR) is 94.8 cm³/mol. The summed E-state index contributed by atoms with van der Waals surface area (Å²) in [5.41, 5.74) is 3.06. The van der Waals surface area contributed by atoms with Gasteiger partial charge in [-0.1, -0.05) is 30.0 Å². The fraction of sp³-hybridized carbons (Fsp3) is 0.235. The maximum absolute atomic E-state index is 12.0. The van der Waals surface area contributed by atoms with Crippen molar-refractivity contribution in [2.75, 3.05) is 12.3 Å². The Bertz CT molecular complexity index is 915. The highest BCUT2D eigenvalue weighted by Gasteiger charge is 2.11. The van der Waals surface area contributed by atoms with Gasteiger partial charge in [-0.15, -0.1) is 0 Å². The first-order valence-electron chi connectivity index (χ1n) is 7.62. The molecule has 0 aliphatic carbocycles. The molecule has 23 heavy (non-hydrogen) atoms. The monoisotopic (exact) mass is 324 g/mol. The van der Waals surface area contributed by atoms with Crippen LogP contribution in [0.4, 0.5) is 0 Å². The maximum atomic E-state index is 12.0. The number of nitrogens with zero attached hydrogens (tertiary/aromatic N) is 2. The number of amidine groups is 1. The van der Waals surface area contributed by atoms with E-state index in [1.807, 2.05) is 18.3 Å². The second-order valence-electron chi connectivity index (χ2n) is 5.48. The van der Waals surface area contributed by atoms with Gasteiger partial charge in [-0.05, 0) is 18.6 Å². The van der Waals surface area contributed by atoms with Crippen LogP contribution in [-0.4, -0.2) is 33.3 Å². The number of nitrogens with one attached hydrogen (secondary N) is 2. The largest absolute Gasteiger partial charge is 0.353 e. The van der Waals surface area contributed by atoms with Gasteiger partial charge < -0.3 is 10.3 Å². The topological polar surface area (TPSA) is 70.1 Å². The van der Waals surface area contributed by atoms with Crippen LogP contribution >= 0.6 is 11.8 Å². The van der Waals surface area contributed by atoms with Crippen LogP contribution in [0.5, 0.6) is 0 Å². The van der Waals surface area contributed by atoms with Crippen LogP contribution in [0.2, 0.25) is 0 Å². The molecular formula is C17H16N4OS. The summed E-state index contributed by atoms with van der Waals surface area (Å²) in [5.74, 6) is 0.952. The smallest absolute Gasteiger partial charge is 0.226 e. The first kappa shape index (κ1) is 14.3. The summed E-state index contributed by atoms with van der Waals surface area (Å²) in [6, 6.07) is 10.3. The predicted octanol–water partition coefficient (Wildman–Crippen LogP) is 2.87. The van der Waals surface area contributed by atoms with E-state index in [0.717, 1.165) is 39.6 Å². The lowest BCUT2D eigenvalue weighted by atomic mass is 10.1. The highest BCUT2D eigenvalue weighted by molar-refractivity contribution is 8.14. The molecule has 0 spiro atoms. The number of rotatable bonds is 3. The van der Waals surface area contributed by atoms with Crippen LogP contribution in [0, 0.1) is 0 Å². The van der Waals surface area contributed by atoms with Crippen LogP contribution in [0.15, 0.2) is 41.5 Å². The van der Waals surface area contributed by atoms with Crippen molar-refractivity contribution < 1.29 is 4.79 Å². The number of amides is 1. The Kier molecular flexibility index (Phi) is 3.75. The number of fused-ring (bicyclic) bond motifs is 3. The average molecular weight is 324 g/mol. The molecule has 0 saturated heterocycles. The van der Waals surface area contributed by atoms with E-state index in [-0.39, 0.29) is 5.91 Å². The molecule has 3 aromatic rings. The number of aliphatic imine (C=N–C) groups is 1. The number of aromatic nitrogens is 2. The third kappa shape index (κ3) is 2.94. The van der Waals surface area contributed by atoms with Gasteiger partial charge in [0.1, 0.15) is 0 Å². The molecule has 0 radical (unpaired) electrons. The van der Waals surface area contributed by atoms with Gasteiger partial charge in [-0.3, -0.25) is 14.8 Å². The van der Waals surface area contributed by atoms with E-state index >= 15 is 0 Å². The van der Waals surface area contributed by atoms with Gasteiger partial charge in [-0.2, -0.15) is 0 Å². The first-order chi connectivity index (χ1) is 11.3. The molecule has 116 valence electrons. The molecule has 1 amide bonds. The van der Waals surface area contributed by atoms with Crippen molar-refractivity contribution in [2.24, 2.45) is 4.99 Å². The summed E-state index contributed by atoms with van der Waals surface area (Å²) in [7, 11) is 0. The molecule has 0 unspecified atom stereocenters. The molecule has 0 bridgehead atoms. The molecule has 4 rings (SSSR count). The van der Waals surface area contributed by atoms with Gasteiger partial charge >= 0.3 is 0 Å². The molecule has 0 saturated carbocycles. The number of para-hydroxylation sites is 1. The first-order valence-corrected chi connectivity index (χ1v) is 8.60. The number of aromatic amines is 1. The van der Waals surface area contributed by atoms with Crippen molar-refractivity contribution in [1.29, 1.82) is 0 Å². The van der Waals surface area contributed by atoms with E-state index in [0.29, 0.717) is 12.8 Å². The third-order valence-electron chi connectivity index (χ3n) is 3.89. The van der Waals surface area contributed by atoms with Crippen molar-refractivity contribution in [3.8, 4) is 0 Å². The van der Waals surface area contributed by atoms with Crippen LogP contribution < -0.4 is 5.32 Å². The average Bonchev–Trinajstić information content (AvgIpc) is 3.20. The Labute approximate surface area is 137 Å². The van der Waals surface area contributed by atoms with E-state index in [1.165, 1.54) is 5.39 Å². The number of hydrogen-bond acceptors (Lipinski definition) is 4. The third-order valence-corrected chi connectivity index (χ3v) is 4.78. The molecule has 5 nitrogen and oxygen atoms in total. The second kappa shape index (κ2) is 6.04. The lowest BCUT2D eigenvalue weighted by molar-refractivity contribution is -0.119. The molecule has 6 heteroatoms. The number of H-pyrrole nitrogens is 1. The van der Waals surface area contributed by atoms with Crippen molar-refractivity contribution >= 4 is 44.6 Å². The van der Waals surface area contributed by atoms with Crippen molar-refractivity contribution in [1.82, 2.24) is 15.3 Å². The zero-order valence-electron chi connectivity index (χ0n) is 12.5. The number of hydrogen-bond donors (Lipinski definition) is 2. The SMILES string of the molecule is O=C(CCc1cc2c(cn1)[nH]c1ccccc12)NC1=NCCS1.